The van der Waals surface area contributed by atoms with Crippen LogP contribution in [0.5, 0.6) is 0 Å². The van der Waals surface area contributed by atoms with E-state index in [1.807, 2.05) is 36.4 Å². The molecule has 138 valence electrons. The molecule has 2 aliphatic heterocycles. The zero-order chi connectivity index (χ0) is 18.2. The molecule has 6 heteroatoms. The number of morpholine rings is 1. The number of hydrogen-bond acceptors (Lipinski definition) is 4. The summed E-state index contributed by atoms with van der Waals surface area (Å²) in [5, 5.41) is 3.19. The highest BCUT2D eigenvalue weighted by molar-refractivity contribution is 5.97. The zero-order valence-electron chi connectivity index (χ0n) is 15.0. The minimum absolute atomic E-state index is 0.0307. The SMILES string of the molecule is O=C(N[C@@H]1C[C@H]2CO[C@@H](c3ccccc3)CN2C1)c1ccc2nc[nH]c2c1. The Morgan fingerprint density at radius 2 is 2.07 bits per heavy atom. The molecule has 0 spiro atoms. The number of H-pyrrole nitrogens is 1. The van der Waals surface area contributed by atoms with Crippen LogP contribution in [0.25, 0.3) is 11.0 Å². The van der Waals surface area contributed by atoms with Gasteiger partial charge in [-0.15, -0.1) is 0 Å². The van der Waals surface area contributed by atoms with Crippen molar-refractivity contribution in [2.45, 2.75) is 24.6 Å². The lowest BCUT2D eigenvalue weighted by molar-refractivity contribution is -0.0502. The van der Waals surface area contributed by atoms with Gasteiger partial charge in [0.2, 0.25) is 0 Å². The Kier molecular flexibility index (Phi) is 4.14. The van der Waals surface area contributed by atoms with Crippen molar-refractivity contribution in [2.24, 2.45) is 0 Å². The van der Waals surface area contributed by atoms with E-state index in [2.05, 4.69) is 32.3 Å². The number of benzene rings is 2. The molecule has 2 aliphatic rings. The van der Waals surface area contributed by atoms with Gasteiger partial charge >= 0.3 is 0 Å². The third-order valence-electron chi connectivity index (χ3n) is 5.61. The Balaban J connectivity index is 1.23. The number of hydrogen-bond donors (Lipinski definition) is 2. The molecule has 1 aromatic heterocycles. The van der Waals surface area contributed by atoms with E-state index in [4.69, 9.17) is 4.74 Å². The first-order valence-corrected chi connectivity index (χ1v) is 9.41. The minimum Gasteiger partial charge on any atom is -0.371 e. The number of aromatic amines is 1. The Morgan fingerprint density at radius 3 is 2.96 bits per heavy atom. The number of aromatic nitrogens is 2. The lowest BCUT2D eigenvalue weighted by Crippen LogP contribution is -2.43. The van der Waals surface area contributed by atoms with Gasteiger partial charge in [-0.05, 0) is 30.2 Å². The van der Waals surface area contributed by atoms with E-state index < -0.39 is 0 Å². The van der Waals surface area contributed by atoms with Crippen LogP contribution in [-0.4, -0.2) is 52.6 Å². The second kappa shape index (κ2) is 6.79. The number of nitrogens with one attached hydrogen (secondary N) is 2. The van der Waals surface area contributed by atoms with Crippen molar-refractivity contribution in [2.75, 3.05) is 19.7 Å². The smallest absolute Gasteiger partial charge is 0.251 e. The first-order valence-electron chi connectivity index (χ1n) is 9.41. The molecule has 27 heavy (non-hydrogen) atoms. The fourth-order valence-electron chi connectivity index (χ4n) is 4.19. The number of rotatable bonds is 3. The summed E-state index contributed by atoms with van der Waals surface area (Å²) < 4.78 is 6.09. The Morgan fingerprint density at radius 1 is 1.19 bits per heavy atom. The van der Waals surface area contributed by atoms with Gasteiger partial charge in [-0.3, -0.25) is 9.69 Å². The molecular formula is C21H22N4O2. The second-order valence-corrected chi connectivity index (χ2v) is 7.38. The van der Waals surface area contributed by atoms with E-state index in [0.29, 0.717) is 18.2 Å². The standard InChI is InChI=1S/C21H22N4O2/c26-21(15-6-7-18-19(8-15)23-13-22-18)24-16-9-17-12-27-20(11-25(17)10-16)14-4-2-1-3-5-14/h1-8,13,16-17,20H,9-12H2,(H,22,23)(H,24,26)/t16-,17+,20-/m1/s1. The molecule has 2 saturated heterocycles. The van der Waals surface area contributed by atoms with E-state index in [9.17, 15) is 4.79 Å². The van der Waals surface area contributed by atoms with Crippen LogP contribution < -0.4 is 5.32 Å². The predicted molar refractivity (Wildman–Crippen MR) is 102 cm³/mol. The highest BCUT2D eigenvalue weighted by Gasteiger charge is 2.38. The number of ether oxygens (including phenoxy) is 1. The van der Waals surface area contributed by atoms with Crippen molar-refractivity contribution >= 4 is 16.9 Å². The van der Waals surface area contributed by atoms with Gasteiger partial charge in [0, 0.05) is 30.7 Å². The van der Waals surface area contributed by atoms with Gasteiger partial charge in [-0.1, -0.05) is 30.3 Å². The van der Waals surface area contributed by atoms with Crippen molar-refractivity contribution in [3.8, 4) is 0 Å². The third-order valence-corrected chi connectivity index (χ3v) is 5.61. The molecule has 0 unspecified atom stereocenters. The van der Waals surface area contributed by atoms with E-state index in [1.165, 1.54) is 5.56 Å². The largest absolute Gasteiger partial charge is 0.371 e. The lowest BCUT2D eigenvalue weighted by Gasteiger charge is -2.35. The quantitative estimate of drug-likeness (QED) is 0.751. The number of amides is 1. The maximum absolute atomic E-state index is 12.7. The summed E-state index contributed by atoms with van der Waals surface area (Å²) in [5.41, 5.74) is 3.63. The van der Waals surface area contributed by atoms with Gasteiger partial charge in [0.15, 0.2) is 0 Å². The molecule has 3 atom stereocenters. The number of carbonyl (C=O) groups is 1. The van der Waals surface area contributed by atoms with Crippen LogP contribution in [0.1, 0.15) is 28.4 Å². The summed E-state index contributed by atoms with van der Waals surface area (Å²) in [6, 6.07) is 16.4. The second-order valence-electron chi connectivity index (χ2n) is 7.38. The molecule has 0 saturated carbocycles. The topological polar surface area (TPSA) is 70.2 Å². The van der Waals surface area contributed by atoms with Crippen LogP contribution in [-0.2, 0) is 4.74 Å². The van der Waals surface area contributed by atoms with Crippen molar-refractivity contribution in [1.29, 1.82) is 0 Å². The van der Waals surface area contributed by atoms with Crippen molar-refractivity contribution in [3.05, 3.63) is 66.0 Å². The summed E-state index contributed by atoms with van der Waals surface area (Å²) in [7, 11) is 0. The van der Waals surface area contributed by atoms with Crippen LogP contribution in [0.15, 0.2) is 54.9 Å². The fourth-order valence-corrected chi connectivity index (χ4v) is 4.19. The van der Waals surface area contributed by atoms with Gasteiger partial charge in [0.1, 0.15) is 0 Å². The predicted octanol–water partition coefficient (Wildman–Crippen LogP) is 2.51. The van der Waals surface area contributed by atoms with Gasteiger partial charge in [0.25, 0.3) is 5.91 Å². The van der Waals surface area contributed by atoms with Crippen LogP contribution >= 0.6 is 0 Å². The Bertz CT molecular complexity index is 955. The van der Waals surface area contributed by atoms with Crippen LogP contribution in [0, 0.1) is 0 Å². The van der Waals surface area contributed by atoms with Crippen LogP contribution in [0.3, 0.4) is 0 Å². The lowest BCUT2D eigenvalue weighted by atomic mass is 10.1. The normalized spacial score (nSPS) is 25.4. The molecular weight excluding hydrogens is 340 g/mol. The Hall–Kier alpha value is -2.70. The number of imidazole rings is 1. The minimum atomic E-state index is -0.0307. The fraction of sp³-hybridized carbons (Fsp3) is 0.333. The monoisotopic (exact) mass is 362 g/mol. The molecule has 3 aromatic rings. The molecule has 5 rings (SSSR count). The van der Waals surface area contributed by atoms with Gasteiger partial charge in [-0.25, -0.2) is 4.98 Å². The van der Waals surface area contributed by atoms with Gasteiger partial charge < -0.3 is 15.0 Å². The Labute approximate surface area is 157 Å². The highest BCUT2D eigenvalue weighted by atomic mass is 16.5. The first kappa shape index (κ1) is 16.5. The molecule has 1 amide bonds. The van der Waals surface area contributed by atoms with Crippen LogP contribution in [0.2, 0.25) is 0 Å². The molecule has 2 N–H and O–H groups in total. The molecule has 2 aromatic carbocycles. The molecule has 0 bridgehead atoms. The zero-order valence-corrected chi connectivity index (χ0v) is 15.0. The summed E-state index contributed by atoms with van der Waals surface area (Å²) in [6.45, 7) is 2.46. The average molecular weight is 362 g/mol. The summed E-state index contributed by atoms with van der Waals surface area (Å²) in [5.74, 6) is -0.0307. The van der Waals surface area contributed by atoms with E-state index in [1.54, 1.807) is 6.33 Å². The van der Waals surface area contributed by atoms with Crippen molar-refractivity contribution in [3.63, 3.8) is 0 Å². The average Bonchev–Trinajstić information content (AvgIpc) is 3.33. The van der Waals surface area contributed by atoms with Crippen molar-refractivity contribution in [1.82, 2.24) is 20.2 Å². The molecule has 3 heterocycles. The summed E-state index contributed by atoms with van der Waals surface area (Å²) in [6.07, 6.45) is 2.68. The van der Waals surface area contributed by atoms with E-state index in [0.717, 1.165) is 30.5 Å². The maximum atomic E-state index is 12.7. The van der Waals surface area contributed by atoms with E-state index in [-0.39, 0.29) is 18.1 Å². The summed E-state index contributed by atoms with van der Waals surface area (Å²) in [4.78, 5) is 22.4. The van der Waals surface area contributed by atoms with Gasteiger partial charge in [-0.2, -0.15) is 0 Å². The maximum Gasteiger partial charge on any atom is 0.251 e. The number of fused-ring (bicyclic) bond motifs is 2. The number of nitrogens with zero attached hydrogens (tertiary/aromatic N) is 2. The van der Waals surface area contributed by atoms with Crippen LogP contribution in [0.4, 0.5) is 0 Å². The first-order chi connectivity index (χ1) is 13.3. The van der Waals surface area contributed by atoms with Gasteiger partial charge in [0.05, 0.1) is 30.1 Å². The molecule has 0 radical (unpaired) electrons. The third kappa shape index (κ3) is 3.22. The molecule has 0 aliphatic carbocycles. The number of carbonyl (C=O) groups excluding carboxylic acids is 1. The highest BCUT2D eigenvalue weighted by Crippen LogP contribution is 2.30. The molecule has 2 fully saturated rings. The summed E-state index contributed by atoms with van der Waals surface area (Å²) >= 11 is 0. The van der Waals surface area contributed by atoms with E-state index >= 15 is 0 Å². The molecule has 6 nitrogen and oxygen atoms in total. The van der Waals surface area contributed by atoms with Crippen molar-refractivity contribution < 1.29 is 9.53 Å².